The Morgan fingerprint density at radius 2 is 2.08 bits per heavy atom. The van der Waals surface area contributed by atoms with Crippen molar-refractivity contribution in [2.24, 2.45) is 5.41 Å². The number of halogens is 1. The van der Waals surface area contributed by atoms with Crippen LogP contribution in [0.3, 0.4) is 0 Å². The molecule has 0 unspecified atom stereocenters. The van der Waals surface area contributed by atoms with Crippen LogP contribution in [0.5, 0.6) is 0 Å². The molecule has 3 rings (SSSR count). The van der Waals surface area contributed by atoms with Crippen molar-refractivity contribution in [1.29, 1.82) is 0 Å². The Morgan fingerprint density at radius 1 is 1.35 bits per heavy atom. The number of carboxylic acids is 1. The van der Waals surface area contributed by atoms with Crippen LogP contribution in [-0.4, -0.2) is 46.5 Å². The van der Waals surface area contributed by atoms with Gasteiger partial charge in [0.15, 0.2) is 5.69 Å². The highest BCUT2D eigenvalue weighted by Crippen LogP contribution is 2.30. The highest BCUT2D eigenvalue weighted by molar-refractivity contribution is 6.30. The summed E-state index contributed by atoms with van der Waals surface area (Å²) < 4.78 is 6.87. The van der Waals surface area contributed by atoms with Crippen molar-refractivity contribution in [3.63, 3.8) is 0 Å². The Balaban J connectivity index is 1.74. The van der Waals surface area contributed by atoms with Crippen molar-refractivity contribution >= 4 is 23.5 Å². The van der Waals surface area contributed by atoms with E-state index in [1.54, 1.807) is 28.9 Å². The number of nitrogens with one attached hydrogen (secondary N) is 1. The predicted molar refractivity (Wildman–Crippen MR) is 95.8 cm³/mol. The molecule has 0 atom stereocenters. The topological polar surface area (TPSA) is 93.5 Å². The van der Waals surface area contributed by atoms with Gasteiger partial charge in [0, 0.05) is 30.5 Å². The van der Waals surface area contributed by atoms with Gasteiger partial charge in [-0.05, 0) is 44.0 Å². The predicted octanol–water partition coefficient (Wildman–Crippen LogP) is 2.45. The number of nitrogens with zero attached hydrogens (tertiary/aromatic N) is 2. The van der Waals surface area contributed by atoms with Crippen molar-refractivity contribution in [3.8, 4) is 5.69 Å². The molecular formula is C18H20ClN3O4. The van der Waals surface area contributed by atoms with E-state index in [0.717, 1.165) is 11.4 Å². The van der Waals surface area contributed by atoms with Crippen LogP contribution in [0.4, 0.5) is 0 Å². The van der Waals surface area contributed by atoms with Gasteiger partial charge in [-0.25, -0.2) is 4.68 Å². The Hall–Kier alpha value is -2.38. The van der Waals surface area contributed by atoms with Crippen LogP contribution in [0, 0.1) is 12.3 Å². The number of rotatable bonds is 5. The minimum atomic E-state index is -0.988. The summed E-state index contributed by atoms with van der Waals surface area (Å²) >= 11 is 6.01. The largest absolute Gasteiger partial charge is 0.481 e. The monoisotopic (exact) mass is 377 g/mol. The summed E-state index contributed by atoms with van der Waals surface area (Å²) in [5.74, 6) is -1.32. The van der Waals surface area contributed by atoms with Gasteiger partial charge in [0.1, 0.15) is 0 Å². The molecule has 1 fully saturated rings. The molecule has 0 aliphatic carbocycles. The number of aryl methyl sites for hydroxylation is 1. The summed E-state index contributed by atoms with van der Waals surface area (Å²) in [6, 6.07) is 8.82. The Kier molecular flexibility index (Phi) is 5.29. The highest BCUT2D eigenvalue weighted by Gasteiger charge is 2.40. The van der Waals surface area contributed by atoms with E-state index in [9.17, 15) is 14.7 Å². The molecule has 26 heavy (non-hydrogen) atoms. The van der Waals surface area contributed by atoms with E-state index in [1.807, 2.05) is 13.0 Å². The Labute approximate surface area is 155 Å². The van der Waals surface area contributed by atoms with Gasteiger partial charge < -0.3 is 15.2 Å². The van der Waals surface area contributed by atoms with E-state index >= 15 is 0 Å². The fourth-order valence-corrected chi connectivity index (χ4v) is 3.21. The van der Waals surface area contributed by atoms with E-state index in [0.29, 0.717) is 31.1 Å². The lowest BCUT2D eigenvalue weighted by Gasteiger charge is -2.32. The number of carbonyl (C=O) groups is 2. The normalized spacial score (nSPS) is 16.2. The van der Waals surface area contributed by atoms with E-state index in [-0.39, 0.29) is 12.2 Å². The quantitative estimate of drug-likeness (QED) is 0.834. The number of carbonyl (C=O) groups excluding carboxylic acids is 1. The summed E-state index contributed by atoms with van der Waals surface area (Å²) in [5, 5.41) is 17.2. The molecule has 1 aromatic heterocycles. The first-order valence-electron chi connectivity index (χ1n) is 8.33. The molecule has 0 radical (unpaired) electrons. The van der Waals surface area contributed by atoms with Crippen molar-refractivity contribution in [1.82, 2.24) is 15.1 Å². The lowest BCUT2D eigenvalue weighted by molar-refractivity contribution is -0.154. The van der Waals surface area contributed by atoms with Gasteiger partial charge in [-0.1, -0.05) is 17.7 Å². The summed E-state index contributed by atoms with van der Waals surface area (Å²) in [7, 11) is 0. The van der Waals surface area contributed by atoms with E-state index in [1.165, 1.54) is 0 Å². The summed E-state index contributed by atoms with van der Waals surface area (Å²) in [6.07, 6.45) is 0.747. The zero-order valence-electron chi connectivity index (χ0n) is 14.4. The number of carboxylic acid groups (broad SMARTS) is 1. The maximum absolute atomic E-state index is 12.5. The van der Waals surface area contributed by atoms with Crippen LogP contribution in [-0.2, 0) is 9.53 Å². The van der Waals surface area contributed by atoms with Crippen LogP contribution < -0.4 is 5.32 Å². The molecule has 1 amide bonds. The van der Waals surface area contributed by atoms with Crippen molar-refractivity contribution in [2.75, 3.05) is 19.8 Å². The second kappa shape index (κ2) is 7.47. The third-order valence-corrected chi connectivity index (χ3v) is 4.90. The van der Waals surface area contributed by atoms with Gasteiger partial charge in [-0.3, -0.25) is 9.59 Å². The van der Waals surface area contributed by atoms with Gasteiger partial charge in [0.2, 0.25) is 0 Å². The molecule has 1 aliphatic heterocycles. The van der Waals surface area contributed by atoms with Crippen LogP contribution in [0.2, 0.25) is 5.02 Å². The molecule has 7 nitrogen and oxygen atoms in total. The Bertz CT molecular complexity index is 828. The SMILES string of the molecule is Cc1cc(C(=O)NCC2(C(=O)O)CCOCC2)nn1-c1cccc(Cl)c1. The number of aliphatic carboxylic acids is 1. The summed E-state index contributed by atoms with van der Waals surface area (Å²) in [5.41, 5.74) is 0.769. The molecular weight excluding hydrogens is 358 g/mol. The molecule has 2 N–H and O–H groups in total. The van der Waals surface area contributed by atoms with Crippen LogP contribution in [0.15, 0.2) is 30.3 Å². The molecule has 0 spiro atoms. The Morgan fingerprint density at radius 3 is 2.73 bits per heavy atom. The van der Waals surface area contributed by atoms with Crippen LogP contribution in [0.1, 0.15) is 29.0 Å². The molecule has 1 aromatic carbocycles. The third kappa shape index (κ3) is 3.73. The van der Waals surface area contributed by atoms with Gasteiger partial charge in [-0.15, -0.1) is 0 Å². The molecule has 138 valence electrons. The lowest BCUT2D eigenvalue weighted by atomic mass is 9.80. The minimum absolute atomic E-state index is 0.0492. The third-order valence-electron chi connectivity index (χ3n) is 4.66. The fourth-order valence-electron chi connectivity index (χ4n) is 3.02. The van der Waals surface area contributed by atoms with Crippen molar-refractivity contribution in [2.45, 2.75) is 19.8 Å². The van der Waals surface area contributed by atoms with Gasteiger partial charge in [0.05, 0.1) is 11.1 Å². The summed E-state index contributed by atoms with van der Waals surface area (Å²) in [4.78, 5) is 24.1. The highest BCUT2D eigenvalue weighted by atomic mass is 35.5. The van der Waals surface area contributed by atoms with Gasteiger partial charge >= 0.3 is 5.97 Å². The second-order valence-corrected chi connectivity index (χ2v) is 6.88. The number of hydrogen-bond donors (Lipinski definition) is 2. The zero-order chi connectivity index (χ0) is 18.7. The average molecular weight is 378 g/mol. The van der Waals surface area contributed by atoms with E-state index in [4.69, 9.17) is 16.3 Å². The molecule has 1 aliphatic rings. The number of benzene rings is 1. The van der Waals surface area contributed by atoms with Gasteiger partial charge in [-0.2, -0.15) is 5.10 Å². The molecule has 8 heteroatoms. The second-order valence-electron chi connectivity index (χ2n) is 6.44. The van der Waals surface area contributed by atoms with Crippen molar-refractivity contribution < 1.29 is 19.4 Å². The summed E-state index contributed by atoms with van der Waals surface area (Å²) in [6.45, 7) is 2.64. The van der Waals surface area contributed by atoms with Gasteiger partial charge in [0.25, 0.3) is 5.91 Å². The number of amides is 1. The van der Waals surface area contributed by atoms with E-state index < -0.39 is 17.3 Å². The van der Waals surface area contributed by atoms with Crippen LogP contribution >= 0.6 is 11.6 Å². The van der Waals surface area contributed by atoms with E-state index in [2.05, 4.69) is 10.4 Å². The minimum Gasteiger partial charge on any atom is -0.481 e. The molecule has 1 saturated heterocycles. The molecule has 0 saturated carbocycles. The molecule has 2 heterocycles. The maximum atomic E-state index is 12.5. The fraction of sp³-hybridized carbons (Fsp3) is 0.389. The standard InChI is InChI=1S/C18H20ClN3O4/c1-12-9-15(21-22(12)14-4-2-3-13(19)10-14)16(23)20-11-18(17(24)25)5-7-26-8-6-18/h2-4,9-10H,5-8,11H2,1H3,(H,20,23)(H,24,25). The average Bonchev–Trinajstić information content (AvgIpc) is 3.02. The maximum Gasteiger partial charge on any atom is 0.311 e. The lowest BCUT2D eigenvalue weighted by Crippen LogP contribution is -2.46. The first-order valence-corrected chi connectivity index (χ1v) is 8.71. The first-order chi connectivity index (χ1) is 12.4. The molecule has 0 bridgehead atoms. The first kappa shape index (κ1) is 18.4. The molecule has 2 aromatic rings. The van der Waals surface area contributed by atoms with Crippen molar-refractivity contribution in [3.05, 3.63) is 46.7 Å². The zero-order valence-corrected chi connectivity index (χ0v) is 15.1. The smallest absolute Gasteiger partial charge is 0.311 e. The number of hydrogen-bond acceptors (Lipinski definition) is 4. The number of aromatic nitrogens is 2. The number of ether oxygens (including phenoxy) is 1. The van der Waals surface area contributed by atoms with Crippen LogP contribution in [0.25, 0.3) is 5.69 Å².